The minimum atomic E-state index is 1.14. The van der Waals surface area contributed by atoms with Crippen molar-refractivity contribution < 1.29 is 0 Å². The van der Waals surface area contributed by atoms with Crippen LogP contribution >= 0.6 is 0 Å². The largest absolute Gasteiger partial charge is 0.0984 e. The first-order chi connectivity index (χ1) is 12.6. The van der Waals surface area contributed by atoms with Crippen LogP contribution in [0.1, 0.15) is 49.4 Å². The van der Waals surface area contributed by atoms with Gasteiger partial charge >= 0.3 is 0 Å². The zero-order valence-corrected chi connectivity index (χ0v) is 16.8. The Morgan fingerprint density at radius 3 is 1.77 bits per heavy atom. The monoisotopic (exact) mass is 344 g/mol. The van der Waals surface area contributed by atoms with E-state index in [0.717, 1.165) is 6.42 Å². The molecule has 0 saturated carbocycles. The molecule has 0 atom stereocenters. The van der Waals surface area contributed by atoms with Crippen molar-refractivity contribution >= 4 is 22.9 Å². The van der Waals surface area contributed by atoms with Gasteiger partial charge < -0.3 is 0 Å². The summed E-state index contributed by atoms with van der Waals surface area (Å²) in [7, 11) is 0. The predicted octanol–water partition coefficient (Wildman–Crippen LogP) is 8.10. The summed E-state index contributed by atoms with van der Waals surface area (Å²) in [6.45, 7) is 16.2. The molecule has 3 aromatic carbocycles. The number of rotatable bonds is 3. The van der Waals surface area contributed by atoms with Gasteiger partial charge in [-0.15, -0.1) is 0 Å². The molecule has 0 heterocycles. The molecule has 0 bridgehead atoms. The Bertz CT molecular complexity index is 810. The molecular weight excluding hydrogens is 312 g/mol. The standard InChI is InChI=1S/C15H14.C8H10.C3H8/c1-4-12-10-11(3)13(5-2)15-9-7-6-8-14(12)15;1-2-8-6-4-3-5-7-8;1-3-2/h4-10H,1-2H2,3H3;3-7H,2H2,1H3;3H2,1-2H3. The van der Waals surface area contributed by atoms with Crippen molar-refractivity contribution in [2.75, 3.05) is 0 Å². The van der Waals surface area contributed by atoms with E-state index in [-0.39, 0.29) is 0 Å². The van der Waals surface area contributed by atoms with E-state index in [1.807, 2.05) is 18.2 Å². The number of aryl methyl sites for hydroxylation is 2. The number of fused-ring (bicyclic) bond motifs is 1. The van der Waals surface area contributed by atoms with Crippen LogP contribution in [0, 0.1) is 6.92 Å². The van der Waals surface area contributed by atoms with Gasteiger partial charge in [-0.2, -0.15) is 0 Å². The lowest BCUT2D eigenvalue weighted by Crippen LogP contribution is -1.87. The summed E-state index contributed by atoms with van der Waals surface area (Å²) in [5.41, 5.74) is 5.07. The van der Waals surface area contributed by atoms with Crippen LogP contribution in [0.2, 0.25) is 0 Å². The summed E-state index contributed by atoms with van der Waals surface area (Å²) in [5, 5.41) is 2.50. The molecule has 0 saturated heterocycles. The third-order valence-electron chi connectivity index (χ3n) is 4.00. The number of hydrogen-bond donors (Lipinski definition) is 0. The molecule has 0 spiro atoms. The lowest BCUT2D eigenvalue weighted by Gasteiger charge is -2.09. The molecule has 0 aliphatic rings. The van der Waals surface area contributed by atoms with Crippen molar-refractivity contribution in [3.05, 3.63) is 96.1 Å². The highest BCUT2D eigenvalue weighted by molar-refractivity contribution is 5.97. The molecule has 0 heteroatoms. The highest BCUT2D eigenvalue weighted by atomic mass is 14.1. The molecule has 3 rings (SSSR count). The predicted molar refractivity (Wildman–Crippen MR) is 121 cm³/mol. The van der Waals surface area contributed by atoms with Crippen LogP contribution in [0.5, 0.6) is 0 Å². The smallest absolute Gasteiger partial charge is 0.0103 e. The van der Waals surface area contributed by atoms with Gasteiger partial charge in [-0.05, 0) is 46.4 Å². The Labute approximate surface area is 159 Å². The summed E-state index contributed by atoms with van der Waals surface area (Å²) >= 11 is 0. The minimum absolute atomic E-state index is 1.14. The second-order valence-corrected chi connectivity index (χ2v) is 6.20. The molecular formula is C26H32. The molecule has 0 amide bonds. The minimum Gasteiger partial charge on any atom is -0.0984 e. The number of hydrogen-bond acceptors (Lipinski definition) is 0. The average Bonchev–Trinajstić information content (AvgIpc) is 2.69. The first kappa shape index (κ1) is 21.4. The van der Waals surface area contributed by atoms with Crippen LogP contribution in [0.25, 0.3) is 22.9 Å². The third-order valence-corrected chi connectivity index (χ3v) is 4.00. The van der Waals surface area contributed by atoms with Gasteiger partial charge in [-0.1, -0.05) is 113 Å². The van der Waals surface area contributed by atoms with Crippen LogP contribution in [0.3, 0.4) is 0 Å². The van der Waals surface area contributed by atoms with Crippen molar-refractivity contribution in [1.82, 2.24) is 0 Å². The number of benzene rings is 3. The highest BCUT2D eigenvalue weighted by Crippen LogP contribution is 2.27. The van der Waals surface area contributed by atoms with Crippen molar-refractivity contribution in [3.63, 3.8) is 0 Å². The molecule has 0 aliphatic carbocycles. The summed E-state index contributed by atoms with van der Waals surface area (Å²) in [6, 6.07) is 21.0. The van der Waals surface area contributed by atoms with Crippen LogP contribution in [0.15, 0.2) is 73.8 Å². The topological polar surface area (TPSA) is 0 Å². The molecule has 0 N–H and O–H groups in total. The van der Waals surface area contributed by atoms with Crippen LogP contribution < -0.4 is 0 Å². The maximum atomic E-state index is 3.87. The third kappa shape index (κ3) is 6.04. The highest BCUT2D eigenvalue weighted by Gasteiger charge is 2.04. The van der Waals surface area contributed by atoms with Crippen LogP contribution in [0.4, 0.5) is 0 Å². The van der Waals surface area contributed by atoms with E-state index in [9.17, 15) is 0 Å². The molecule has 3 aromatic rings. The van der Waals surface area contributed by atoms with E-state index in [2.05, 4.69) is 95.5 Å². The van der Waals surface area contributed by atoms with E-state index in [4.69, 9.17) is 0 Å². The van der Waals surface area contributed by atoms with Gasteiger partial charge in [0.2, 0.25) is 0 Å². The fourth-order valence-corrected chi connectivity index (χ4v) is 2.72. The van der Waals surface area contributed by atoms with Crippen LogP contribution in [-0.2, 0) is 6.42 Å². The molecule has 136 valence electrons. The van der Waals surface area contributed by atoms with Gasteiger partial charge in [0.05, 0.1) is 0 Å². The van der Waals surface area contributed by atoms with Crippen LogP contribution in [-0.4, -0.2) is 0 Å². The van der Waals surface area contributed by atoms with Gasteiger partial charge in [0.25, 0.3) is 0 Å². The molecule has 26 heavy (non-hydrogen) atoms. The van der Waals surface area contributed by atoms with E-state index in [1.54, 1.807) is 0 Å². The molecule has 0 aromatic heterocycles. The van der Waals surface area contributed by atoms with Crippen molar-refractivity contribution in [2.24, 2.45) is 0 Å². The zero-order chi connectivity index (χ0) is 19.4. The molecule has 0 nitrogen and oxygen atoms in total. The summed E-state index contributed by atoms with van der Waals surface area (Å²) in [4.78, 5) is 0. The molecule has 0 unspecified atom stereocenters. The first-order valence-corrected chi connectivity index (χ1v) is 9.43. The quantitative estimate of drug-likeness (QED) is 0.450. The summed E-state index contributed by atoms with van der Waals surface area (Å²) in [6.07, 6.45) is 6.22. The van der Waals surface area contributed by atoms with E-state index < -0.39 is 0 Å². The van der Waals surface area contributed by atoms with E-state index >= 15 is 0 Å². The normalized spacial score (nSPS) is 9.38. The van der Waals surface area contributed by atoms with Crippen molar-refractivity contribution in [3.8, 4) is 0 Å². The average molecular weight is 345 g/mol. The second-order valence-electron chi connectivity index (χ2n) is 6.20. The maximum absolute atomic E-state index is 3.87. The first-order valence-electron chi connectivity index (χ1n) is 9.43. The fourth-order valence-electron chi connectivity index (χ4n) is 2.72. The Morgan fingerprint density at radius 2 is 1.31 bits per heavy atom. The summed E-state index contributed by atoms with van der Waals surface area (Å²) < 4.78 is 0. The second kappa shape index (κ2) is 11.9. The van der Waals surface area contributed by atoms with Crippen molar-refractivity contribution in [2.45, 2.75) is 40.5 Å². The molecule has 0 fully saturated rings. The van der Waals surface area contributed by atoms with E-state index in [1.165, 1.54) is 39.4 Å². The lowest BCUT2D eigenvalue weighted by atomic mass is 9.95. The van der Waals surface area contributed by atoms with Gasteiger partial charge in [0.1, 0.15) is 0 Å². The Hall–Kier alpha value is -2.60. The molecule has 0 aliphatic heterocycles. The van der Waals surface area contributed by atoms with Gasteiger partial charge in [0, 0.05) is 0 Å². The Kier molecular flexibility index (Phi) is 9.79. The van der Waals surface area contributed by atoms with Gasteiger partial charge in [-0.25, -0.2) is 0 Å². The molecule has 0 radical (unpaired) electrons. The maximum Gasteiger partial charge on any atom is -0.0103 e. The summed E-state index contributed by atoms with van der Waals surface area (Å²) in [5.74, 6) is 0. The van der Waals surface area contributed by atoms with Gasteiger partial charge in [0.15, 0.2) is 0 Å². The van der Waals surface area contributed by atoms with E-state index in [0.29, 0.717) is 0 Å². The zero-order valence-electron chi connectivity index (χ0n) is 16.8. The Balaban J connectivity index is 0.000000258. The van der Waals surface area contributed by atoms with Crippen molar-refractivity contribution in [1.29, 1.82) is 0 Å². The Morgan fingerprint density at radius 1 is 0.769 bits per heavy atom. The SMILES string of the molecule is C=Cc1cc(C)c(C=C)c2ccccc12.CCC.CCc1ccccc1. The fraction of sp³-hybridized carbons (Fsp3) is 0.231. The van der Waals surface area contributed by atoms with Gasteiger partial charge in [-0.3, -0.25) is 0 Å². The lowest BCUT2D eigenvalue weighted by molar-refractivity contribution is 1.09.